The number of benzene rings is 1. The molecular weight excluding hydrogens is 308 g/mol. The Morgan fingerprint density at radius 2 is 1.79 bits per heavy atom. The molecule has 0 aromatic heterocycles. The normalized spacial score (nSPS) is 23.3. The summed E-state index contributed by atoms with van der Waals surface area (Å²) in [4.78, 5) is 39.3. The molecule has 2 aliphatic heterocycles. The summed E-state index contributed by atoms with van der Waals surface area (Å²) in [6, 6.07) is 8.60. The molecule has 1 unspecified atom stereocenters. The number of hydrogen-bond donors (Lipinski definition) is 0. The van der Waals surface area contributed by atoms with E-state index in [4.69, 9.17) is 4.74 Å². The van der Waals surface area contributed by atoms with E-state index < -0.39 is 12.1 Å². The van der Waals surface area contributed by atoms with Gasteiger partial charge in [0.05, 0.1) is 6.04 Å². The molecule has 2 atom stereocenters. The number of rotatable bonds is 4. The van der Waals surface area contributed by atoms with Gasteiger partial charge in [-0.1, -0.05) is 30.3 Å². The van der Waals surface area contributed by atoms with Crippen LogP contribution in [0.25, 0.3) is 0 Å². The molecule has 1 aromatic carbocycles. The van der Waals surface area contributed by atoms with Crippen molar-refractivity contribution in [3.63, 3.8) is 0 Å². The molecule has 3 rings (SSSR count). The van der Waals surface area contributed by atoms with Gasteiger partial charge < -0.3 is 14.4 Å². The van der Waals surface area contributed by atoms with Crippen LogP contribution < -0.4 is 0 Å². The first-order valence-corrected chi connectivity index (χ1v) is 8.44. The zero-order valence-electron chi connectivity index (χ0n) is 13.6. The van der Waals surface area contributed by atoms with E-state index >= 15 is 0 Å². The maximum Gasteiger partial charge on any atom is 0.410 e. The van der Waals surface area contributed by atoms with Crippen LogP contribution in [-0.2, 0) is 20.9 Å². The fourth-order valence-electron chi connectivity index (χ4n) is 3.44. The van der Waals surface area contributed by atoms with Crippen molar-refractivity contribution in [1.29, 1.82) is 0 Å². The van der Waals surface area contributed by atoms with Gasteiger partial charge in [0, 0.05) is 13.1 Å². The van der Waals surface area contributed by atoms with E-state index in [1.165, 1.54) is 4.90 Å². The predicted molar refractivity (Wildman–Crippen MR) is 87.2 cm³/mol. The number of aldehydes is 1. The monoisotopic (exact) mass is 330 g/mol. The summed E-state index contributed by atoms with van der Waals surface area (Å²) in [6.45, 7) is 1.30. The largest absolute Gasteiger partial charge is 0.445 e. The van der Waals surface area contributed by atoms with Crippen LogP contribution in [0, 0.1) is 0 Å². The van der Waals surface area contributed by atoms with Gasteiger partial charge in [0.15, 0.2) is 0 Å². The van der Waals surface area contributed by atoms with Crippen LogP contribution in [0.4, 0.5) is 4.79 Å². The minimum Gasteiger partial charge on any atom is -0.445 e. The lowest BCUT2D eigenvalue weighted by Crippen LogP contribution is -2.49. The average molecular weight is 330 g/mol. The molecule has 6 heteroatoms. The predicted octanol–water partition coefficient (Wildman–Crippen LogP) is 1.98. The molecule has 6 nitrogen and oxygen atoms in total. The Labute approximate surface area is 141 Å². The van der Waals surface area contributed by atoms with E-state index in [1.54, 1.807) is 4.90 Å². The molecule has 24 heavy (non-hydrogen) atoms. The lowest BCUT2D eigenvalue weighted by Gasteiger charge is -2.29. The van der Waals surface area contributed by atoms with E-state index in [1.807, 2.05) is 30.3 Å². The summed E-state index contributed by atoms with van der Waals surface area (Å²) >= 11 is 0. The number of carbonyl (C=O) groups excluding carboxylic acids is 3. The van der Waals surface area contributed by atoms with Crippen molar-refractivity contribution in [1.82, 2.24) is 9.80 Å². The molecule has 1 aromatic rings. The van der Waals surface area contributed by atoms with Crippen molar-refractivity contribution in [2.24, 2.45) is 0 Å². The van der Waals surface area contributed by atoms with Crippen LogP contribution in [0.2, 0.25) is 0 Å². The Morgan fingerprint density at radius 1 is 1.08 bits per heavy atom. The number of nitrogens with zero attached hydrogens (tertiary/aromatic N) is 2. The minimum atomic E-state index is -0.506. The van der Waals surface area contributed by atoms with E-state index in [2.05, 4.69) is 0 Å². The van der Waals surface area contributed by atoms with Crippen LogP contribution in [0.1, 0.15) is 31.2 Å². The van der Waals surface area contributed by atoms with Crippen LogP contribution in [0.5, 0.6) is 0 Å². The van der Waals surface area contributed by atoms with Crippen molar-refractivity contribution in [2.45, 2.75) is 44.4 Å². The molecular formula is C18H22N2O4. The Morgan fingerprint density at radius 3 is 2.54 bits per heavy atom. The first-order valence-electron chi connectivity index (χ1n) is 8.44. The second kappa shape index (κ2) is 7.47. The highest BCUT2D eigenvalue weighted by Crippen LogP contribution is 2.24. The second-order valence-corrected chi connectivity index (χ2v) is 6.27. The Bertz CT molecular complexity index is 604. The van der Waals surface area contributed by atoms with Gasteiger partial charge in [0.1, 0.15) is 18.9 Å². The molecule has 0 aliphatic carbocycles. The van der Waals surface area contributed by atoms with E-state index in [9.17, 15) is 14.4 Å². The summed E-state index contributed by atoms with van der Waals surface area (Å²) < 4.78 is 5.35. The van der Waals surface area contributed by atoms with Crippen molar-refractivity contribution < 1.29 is 19.1 Å². The van der Waals surface area contributed by atoms with E-state index in [0.717, 1.165) is 24.7 Å². The van der Waals surface area contributed by atoms with Gasteiger partial charge in [-0.15, -0.1) is 0 Å². The zero-order valence-corrected chi connectivity index (χ0v) is 13.6. The Balaban J connectivity index is 1.61. The topological polar surface area (TPSA) is 66.9 Å². The lowest BCUT2D eigenvalue weighted by molar-refractivity contribution is -0.138. The standard InChI is InChI=1S/C18H22N2O4/c21-12-15-8-4-10-19(15)17(22)16-9-5-11-20(16)18(23)24-13-14-6-2-1-3-7-14/h1-3,6-7,12,15-16H,4-5,8-11,13H2/t15?,16-/m0/s1. The van der Waals surface area contributed by atoms with Crippen molar-refractivity contribution >= 4 is 18.3 Å². The van der Waals surface area contributed by atoms with Crippen LogP contribution in [0.3, 0.4) is 0 Å². The second-order valence-electron chi connectivity index (χ2n) is 6.27. The quantitative estimate of drug-likeness (QED) is 0.792. The van der Waals surface area contributed by atoms with Gasteiger partial charge in [-0.2, -0.15) is 0 Å². The molecule has 128 valence electrons. The average Bonchev–Trinajstić information content (AvgIpc) is 3.28. The maximum absolute atomic E-state index is 12.7. The Hall–Kier alpha value is -2.37. The van der Waals surface area contributed by atoms with Gasteiger partial charge >= 0.3 is 6.09 Å². The van der Waals surface area contributed by atoms with Crippen molar-refractivity contribution in [3.05, 3.63) is 35.9 Å². The molecule has 0 radical (unpaired) electrons. The number of carbonyl (C=O) groups is 3. The minimum absolute atomic E-state index is 0.126. The molecule has 0 bridgehead atoms. The van der Waals surface area contributed by atoms with E-state index in [-0.39, 0.29) is 18.6 Å². The fraction of sp³-hybridized carbons (Fsp3) is 0.500. The molecule has 2 saturated heterocycles. The molecule has 0 N–H and O–H groups in total. The number of likely N-dealkylation sites (tertiary alicyclic amines) is 2. The van der Waals surface area contributed by atoms with Gasteiger partial charge in [0.25, 0.3) is 0 Å². The third-order valence-electron chi connectivity index (χ3n) is 4.72. The summed E-state index contributed by atoms with van der Waals surface area (Å²) in [6.07, 6.45) is 3.31. The third-order valence-corrected chi connectivity index (χ3v) is 4.72. The lowest BCUT2D eigenvalue weighted by atomic mass is 10.1. The van der Waals surface area contributed by atoms with Crippen LogP contribution in [0.15, 0.2) is 30.3 Å². The molecule has 0 saturated carbocycles. The maximum atomic E-state index is 12.7. The molecule has 2 aliphatic rings. The van der Waals surface area contributed by atoms with E-state index in [0.29, 0.717) is 25.9 Å². The highest BCUT2D eigenvalue weighted by atomic mass is 16.6. The summed E-state index contributed by atoms with van der Waals surface area (Å²) in [7, 11) is 0. The number of hydrogen-bond acceptors (Lipinski definition) is 4. The summed E-state index contributed by atoms with van der Waals surface area (Å²) in [5.74, 6) is -0.126. The highest BCUT2D eigenvalue weighted by Gasteiger charge is 2.40. The van der Waals surface area contributed by atoms with Crippen LogP contribution in [-0.4, -0.2) is 53.3 Å². The smallest absolute Gasteiger partial charge is 0.410 e. The van der Waals surface area contributed by atoms with Crippen molar-refractivity contribution in [2.75, 3.05) is 13.1 Å². The highest BCUT2D eigenvalue weighted by molar-refractivity contribution is 5.88. The Kier molecular flexibility index (Phi) is 5.13. The molecule has 2 amide bonds. The zero-order chi connectivity index (χ0) is 16.9. The van der Waals surface area contributed by atoms with Crippen LogP contribution >= 0.6 is 0 Å². The first kappa shape index (κ1) is 16.5. The van der Waals surface area contributed by atoms with Gasteiger partial charge in [-0.3, -0.25) is 9.69 Å². The van der Waals surface area contributed by atoms with Gasteiger partial charge in [-0.05, 0) is 31.2 Å². The number of amides is 2. The number of ether oxygens (including phenoxy) is 1. The molecule has 0 spiro atoms. The summed E-state index contributed by atoms with van der Waals surface area (Å²) in [5, 5.41) is 0. The third kappa shape index (κ3) is 3.42. The fourth-order valence-corrected chi connectivity index (χ4v) is 3.44. The first-order chi connectivity index (χ1) is 11.7. The van der Waals surface area contributed by atoms with Crippen molar-refractivity contribution in [3.8, 4) is 0 Å². The van der Waals surface area contributed by atoms with Gasteiger partial charge in [0.2, 0.25) is 5.91 Å². The molecule has 2 fully saturated rings. The summed E-state index contributed by atoms with van der Waals surface area (Å²) in [5.41, 5.74) is 0.911. The molecule has 2 heterocycles. The SMILES string of the molecule is O=CC1CCCN1C(=O)[C@@H]1CCCN1C(=O)OCc1ccccc1. The van der Waals surface area contributed by atoms with Gasteiger partial charge in [-0.25, -0.2) is 4.79 Å².